The highest BCUT2D eigenvalue weighted by Crippen LogP contribution is 2.37. The molecule has 106 valence electrons. The minimum Gasteiger partial charge on any atom is -0.349 e. The molecule has 2 rings (SSSR count). The third-order valence-corrected chi connectivity index (χ3v) is 3.59. The number of hydrogen-bond acceptors (Lipinski definition) is 3. The molecule has 1 aromatic carbocycles. The van der Waals surface area contributed by atoms with Gasteiger partial charge in [-0.3, -0.25) is 9.79 Å². The average Bonchev–Trinajstić information content (AvgIpc) is 3.19. The van der Waals surface area contributed by atoms with Crippen LogP contribution in [0.15, 0.2) is 29.0 Å². The van der Waals surface area contributed by atoms with Crippen molar-refractivity contribution in [2.45, 2.75) is 19.8 Å². The maximum absolute atomic E-state index is 13.6. The van der Waals surface area contributed by atoms with Crippen LogP contribution in [0.3, 0.4) is 0 Å². The van der Waals surface area contributed by atoms with Gasteiger partial charge in [0.2, 0.25) is 0 Å². The Morgan fingerprint density at radius 3 is 2.70 bits per heavy atom. The molecule has 0 spiro atoms. The summed E-state index contributed by atoms with van der Waals surface area (Å²) in [5, 5.41) is -0.801. The Labute approximate surface area is 122 Å². The van der Waals surface area contributed by atoms with Crippen LogP contribution >= 0.6 is 11.6 Å². The van der Waals surface area contributed by atoms with Crippen LogP contribution in [-0.2, 0) is 0 Å². The molecule has 0 N–H and O–H groups in total. The Balaban J connectivity index is 2.38. The molecule has 0 unspecified atom stereocenters. The fourth-order valence-electron chi connectivity index (χ4n) is 2.11. The summed E-state index contributed by atoms with van der Waals surface area (Å²) < 4.78 is 13.6. The molecular formula is C15H16ClFN2O. The predicted octanol–water partition coefficient (Wildman–Crippen LogP) is 3.90. The lowest BCUT2D eigenvalue weighted by Crippen LogP contribution is -2.12. The molecule has 0 amide bonds. The first kappa shape index (κ1) is 14.7. The lowest BCUT2D eigenvalue weighted by atomic mass is 10.1. The van der Waals surface area contributed by atoms with Crippen LogP contribution in [0.1, 0.15) is 28.8 Å². The van der Waals surface area contributed by atoms with Gasteiger partial charge >= 0.3 is 0 Å². The van der Waals surface area contributed by atoms with Crippen molar-refractivity contribution < 1.29 is 9.18 Å². The highest BCUT2D eigenvalue weighted by atomic mass is 35.5. The average molecular weight is 295 g/mol. The minimum absolute atomic E-state index is 0.118. The number of allylic oxidation sites excluding steroid dienone is 1. The van der Waals surface area contributed by atoms with Gasteiger partial charge in [-0.25, -0.2) is 4.39 Å². The highest BCUT2D eigenvalue weighted by molar-refractivity contribution is 6.67. The van der Waals surface area contributed by atoms with E-state index in [2.05, 4.69) is 11.7 Å². The van der Waals surface area contributed by atoms with Gasteiger partial charge in [0.25, 0.3) is 5.24 Å². The quantitative estimate of drug-likeness (QED) is 0.609. The summed E-state index contributed by atoms with van der Waals surface area (Å²) >= 11 is 5.39. The molecule has 3 nitrogen and oxygen atoms in total. The number of halogens is 2. The second-order valence-corrected chi connectivity index (χ2v) is 5.33. The summed E-state index contributed by atoms with van der Waals surface area (Å²) in [7, 11) is 1.83. The number of aliphatic imine (C=N–C) groups is 1. The molecule has 0 heterocycles. The maximum Gasteiger partial charge on any atom is 0.255 e. The fourth-order valence-corrected chi connectivity index (χ4v) is 2.26. The molecule has 1 aliphatic carbocycles. The van der Waals surface area contributed by atoms with Crippen LogP contribution in [0.2, 0.25) is 0 Å². The van der Waals surface area contributed by atoms with Gasteiger partial charge in [0.15, 0.2) is 0 Å². The van der Waals surface area contributed by atoms with Gasteiger partial charge in [0.1, 0.15) is 5.82 Å². The highest BCUT2D eigenvalue weighted by Gasteiger charge is 2.26. The van der Waals surface area contributed by atoms with Gasteiger partial charge in [-0.2, -0.15) is 0 Å². The number of carbonyl (C=O) groups excluding carboxylic acids is 1. The number of carbonyl (C=O) groups is 1. The van der Waals surface area contributed by atoms with Crippen molar-refractivity contribution in [3.63, 3.8) is 0 Å². The zero-order chi connectivity index (χ0) is 14.9. The molecular weight excluding hydrogens is 279 g/mol. The van der Waals surface area contributed by atoms with Crippen LogP contribution in [0, 0.1) is 18.7 Å². The lowest BCUT2D eigenvalue weighted by molar-refractivity contribution is 0.107. The van der Waals surface area contributed by atoms with E-state index in [0.717, 1.165) is 29.8 Å². The Morgan fingerprint density at radius 2 is 2.20 bits per heavy atom. The Morgan fingerprint density at radius 1 is 1.55 bits per heavy atom. The summed E-state index contributed by atoms with van der Waals surface area (Å²) in [5.74, 6) is -0.141. The van der Waals surface area contributed by atoms with E-state index in [0.29, 0.717) is 5.92 Å². The van der Waals surface area contributed by atoms with E-state index in [1.54, 1.807) is 6.92 Å². The standard InChI is InChI=1S/C15H16ClFN2O/c1-9-6-12(17)11(15(16)20)7-14(9)19(3)8-13(18-2)10-4-5-10/h6-8,10H,2,4-5H2,1,3H3/b13-8-. The number of aryl methyl sites for hydroxylation is 1. The van der Waals surface area contributed by atoms with Crippen LogP contribution in [0.5, 0.6) is 0 Å². The normalized spacial score (nSPS) is 15.1. The van der Waals surface area contributed by atoms with E-state index >= 15 is 0 Å². The molecule has 0 radical (unpaired) electrons. The van der Waals surface area contributed by atoms with E-state index in [1.807, 2.05) is 18.1 Å². The molecule has 1 aliphatic rings. The zero-order valence-electron chi connectivity index (χ0n) is 11.5. The van der Waals surface area contributed by atoms with Gasteiger partial charge in [0, 0.05) is 24.9 Å². The topological polar surface area (TPSA) is 32.7 Å². The number of hydrogen-bond donors (Lipinski definition) is 0. The van der Waals surface area contributed by atoms with Crippen molar-refractivity contribution in [1.29, 1.82) is 0 Å². The van der Waals surface area contributed by atoms with Crippen molar-refractivity contribution in [1.82, 2.24) is 0 Å². The van der Waals surface area contributed by atoms with E-state index in [4.69, 9.17) is 11.6 Å². The van der Waals surface area contributed by atoms with Gasteiger partial charge in [0.05, 0.1) is 11.3 Å². The van der Waals surface area contributed by atoms with Crippen LogP contribution < -0.4 is 4.90 Å². The van der Waals surface area contributed by atoms with E-state index in [1.165, 1.54) is 12.1 Å². The summed E-state index contributed by atoms with van der Waals surface area (Å²) in [4.78, 5) is 17.1. The summed E-state index contributed by atoms with van der Waals surface area (Å²) in [6.07, 6.45) is 4.10. The zero-order valence-corrected chi connectivity index (χ0v) is 12.2. The molecule has 20 heavy (non-hydrogen) atoms. The van der Waals surface area contributed by atoms with E-state index in [-0.39, 0.29) is 5.56 Å². The molecule has 0 bridgehead atoms. The maximum atomic E-state index is 13.6. The predicted molar refractivity (Wildman–Crippen MR) is 80.1 cm³/mol. The third-order valence-electron chi connectivity index (χ3n) is 3.38. The lowest BCUT2D eigenvalue weighted by Gasteiger charge is -2.19. The van der Waals surface area contributed by atoms with Gasteiger partial charge in [-0.1, -0.05) is 0 Å². The summed E-state index contributed by atoms with van der Waals surface area (Å²) in [6.45, 7) is 5.35. The molecule has 0 atom stereocenters. The largest absolute Gasteiger partial charge is 0.349 e. The fraction of sp³-hybridized carbons (Fsp3) is 0.333. The Kier molecular flexibility index (Phi) is 4.23. The molecule has 0 aliphatic heterocycles. The molecule has 5 heteroatoms. The third kappa shape index (κ3) is 3.07. The van der Waals surface area contributed by atoms with Crippen molar-refractivity contribution in [2.24, 2.45) is 10.9 Å². The van der Waals surface area contributed by atoms with Crippen molar-refractivity contribution in [3.8, 4) is 0 Å². The van der Waals surface area contributed by atoms with Gasteiger partial charge < -0.3 is 4.90 Å². The van der Waals surface area contributed by atoms with E-state index < -0.39 is 11.1 Å². The Hall–Kier alpha value is -1.68. The molecule has 0 aromatic heterocycles. The Bertz CT molecular complexity index is 594. The first-order valence-electron chi connectivity index (χ1n) is 6.35. The van der Waals surface area contributed by atoms with Gasteiger partial charge in [-0.05, 0) is 55.8 Å². The first-order chi connectivity index (χ1) is 9.43. The molecule has 1 saturated carbocycles. The molecule has 0 saturated heterocycles. The second kappa shape index (κ2) is 5.75. The van der Waals surface area contributed by atoms with Crippen molar-refractivity contribution in [2.75, 3.05) is 11.9 Å². The number of anilines is 1. The number of nitrogens with zero attached hydrogens (tertiary/aromatic N) is 2. The van der Waals surface area contributed by atoms with Crippen molar-refractivity contribution in [3.05, 3.63) is 41.0 Å². The monoisotopic (exact) mass is 294 g/mol. The minimum atomic E-state index is -0.801. The SMILES string of the molecule is C=N/C(=C\N(C)c1cc(C(=O)Cl)c(F)cc1C)C1CC1. The van der Waals surface area contributed by atoms with Crippen LogP contribution in [-0.4, -0.2) is 19.0 Å². The second-order valence-electron chi connectivity index (χ2n) is 4.99. The number of benzene rings is 1. The van der Waals surface area contributed by atoms with Gasteiger partial charge in [-0.15, -0.1) is 0 Å². The van der Waals surface area contributed by atoms with E-state index in [9.17, 15) is 9.18 Å². The van der Waals surface area contributed by atoms with Crippen LogP contribution in [0.4, 0.5) is 10.1 Å². The smallest absolute Gasteiger partial charge is 0.255 e. The summed E-state index contributed by atoms with van der Waals surface area (Å²) in [6, 6.07) is 2.78. The molecule has 1 fully saturated rings. The molecule has 1 aromatic rings. The number of rotatable bonds is 5. The van der Waals surface area contributed by atoms with Crippen molar-refractivity contribution >= 4 is 29.2 Å². The summed E-state index contributed by atoms with van der Waals surface area (Å²) in [5.41, 5.74) is 2.24. The first-order valence-corrected chi connectivity index (χ1v) is 6.73. The van der Waals surface area contributed by atoms with Crippen LogP contribution in [0.25, 0.3) is 0 Å².